The van der Waals surface area contributed by atoms with Gasteiger partial charge in [-0.1, -0.05) is 23.1 Å². The number of aromatic nitrogens is 2. The van der Waals surface area contributed by atoms with Crippen molar-refractivity contribution in [2.45, 2.75) is 23.2 Å². The Bertz CT molecular complexity index is 447. The smallest absolute Gasteiger partial charge is 0.316 e. The fourth-order valence-electron chi connectivity index (χ4n) is 1.08. The zero-order valence-corrected chi connectivity index (χ0v) is 11.1. The molecule has 1 heterocycles. The summed E-state index contributed by atoms with van der Waals surface area (Å²) in [6, 6.07) is 0.273. The minimum Gasteiger partial charge on any atom is -0.455 e. The van der Waals surface area contributed by atoms with Gasteiger partial charge in [-0.25, -0.2) is 0 Å². The molecule has 1 aromatic heterocycles. The van der Waals surface area contributed by atoms with Gasteiger partial charge in [-0.15, -0.1) is 10.2 Å². The molecule has 1 aromatic rings. The zero-order chi connectivity index (χ0) is 13.0. The van der Waals surface area contributed by atoms with Gasteiger partial charge in [-0.3, -0.25) is 9.59 Å². The van der Waals surface area contributed by atoms with E-state index in [-0.39, 0.29) is 24.3 Å². The summed E-state index contributed by atoms with van der Waals surface area (Å²) in [5, 5.41) is 10.5. The van der Waals surface area contributed by atoms with Crippen molar-refractivity contribution in [2.24, 2.45) is 0 Å². The second-order valence-electron chi connectivity index (χ2n) is 3.70. The number of nitrogen functional groups attached to an aromatic ring is 1. The molecule has 9 heteroatoms. The van der Waals surface area contributed by atoms with Crippen LogP contribution < -0.4 is 11.1 Å². The lowest BCUT2D eigenvalue weighted by atomic mass is 10.6. The molecule has 0 radical (unpaired) electrons. The quantitative estimate of drug-likeness (QED) is 0.562. The average molecular weight is 288 g/mol. The second-order valence-corrected chi connectivity index (χ2v) is 5.93. The van der Waals surface area contributed by atoms with Crippen LogP contribution in [0.15, 0.2) is 4.34 Å². The molecule has 0 atom stereocenters. The predicted molar refractivity (Wildman–Crippen MR) is 67.2 cm³/mol. The number of thioether (sulfide) groups is 1. The number of anilines is 1. The molecule has 0 aromatic carbocycles. The van der Waals surface area contributed by atoms with E-state index in [1.807, 2.05) is 0 Å². The number of hydrogen-bond acceptors (Lipinski definition) is 8. The van der Waals surface area contributed by atoms with Gasteiger partial charge in [0.05, 0.1) is 5.75 Å². The maximum absolute atomic E-state index is 11.3. The SMILES string of the molecule is Nc1nnc(SCC(=O)OCC(=O)NC2CC2)s1. The van der Waals surface area contributed by atoms with Crippen LogP contribution in [0.5, 0.6) is 0 Å². The average Bonchev–Trinajstić information content (AvgIpc) is 3.04. The molecule has 3 N–H and O–H groups in total. The summed E-state index contributed by atoms with van der Waals surface area (Å²) in [6.07, 6.45) is 2.02. The van der Waals surface area contributed by atoms with Gasteiger partial charge in [0.15, 0.2) is 10.9 Å². The number of rotatable bonds is 6. The molecular formula is C9H12N4O3S2. The van der Waals surface area contributed by atoms with Crippen molar-refractivity contribution in [1.29, 1.82) is 0 Å². The number of amides is 1. The fourth-order valence-corrected chi connectivity index (χ4v) is 2.52. The highest BCUT2D eigenvalue weighted by molar-refractivity contribution is 8.01. The molecule has 0 saturated heterocycles. The number of carbonyl (C=O) groups excluding carboxylic acids is 2. The maximum Gasteiger partial charge on any atom is 0.316 e. The molecule has 0 aliphatic heterocycles. The summed E-state index contributed by atoms with van der Waals surface area (Å²) in [5.41, 5.74) is 5.40. The summed E-state index contributed by atoms with van der Waals surface area (Å²) in [6.45, 7) is -0.228. The van der Waals surface area contributed by atoms with E-state index < -0.39 is 5.97 Å². The molecule has 0 bridgehead atoms. The van der Waals surface area contributed by atoms with Gasteiger partial charge in [0.2, 0.25) is 5.13 Å². The van der Waals surface area contributed by atoms with E-state index in [2.05, 4.69) is 15.5 Å². The van der Waals surface area contributed by atoms with Gasteiger partial charge >= 0.3 is 5.97 Å². The van der Waals surface area contributed by atoms with Gasteiger partial charge in [0.1, 0.15) is 0 Å². The van der Waals surface area contributed by atoms with Gasteiger partial charge in [-0.2, -0.15) is 0 Å². The van der Waals surface area contributed by atoms with Gasteiger partial charge in [-0.05, 0) is 12.8 Å². The summed E-state index contributed by atoms with van der Waals surface area (Å²) in [4.78, 5) is 22.6. The molecule has 7 nitrogen and oxygen atoms in total. The van der Waals surface area contributed by atoms with E-state index in [4.69, 9.17) is 10.5 Å². The van der Waals surface area contributed by atoms with Crippen LogP contribution in [0.2, 0.25) is 0 Å². The molecule has 1 fully saturated rings. The Hall–Kier alpha value is -1.35. The number of esters is 1. The summed E-state index contributed by atoms with van der Waals surface area (Å²) in [7, 11) is 0. The van der Waals surface area contributed by atoms with Crippen LogP contribution in [0.4, 0.5) is 5.13 Å². The second kappa shape index (κ2) is 6.01. The highest BCUT2D eigenvalue weighted by Crippen LogP contribution is 2.23. The van der Waals surface area contributed by atoms with Crippen molar-refractivity contribution in [1.82, 2.24) is 15.5 Å². The monoisotopic (exact) mass is 288 g/mol. The molecule has 1 saturated carbocycles. The lowest BCUT2D eigenvalue weighted by Crippen LogP contribution is -2.30. The van der Waals surface area contributed by atoms with E-state index in [0.29, 0.717) is 9.47 Å². The minimum atomic E-state index is -0.459. The third-order valence-corrected chi connectivity index (χ3v) is 3.90. The molecule has 98 valence electrons. The maximum atomic E-state index is 11.3. The van der Waals surface area contributed by atoms with Crippen LogP contribution >= 0.6 is 23.1 Å². The first-order valence-electron chi connectivity index (χ1n) is 5.30. The molecule has 18 heavy (non-hydrogen) atoms. The van der Waals surface area contributed by atoms with Crippen LogP contribution in [0.1, 0.15) is 12.8 Å². The van der Waals surface area contributed by atoms with E-state index in [1.165, 1.54) is 23.1 Å². The first-order chi connectivity index (χ1) is 8.63. The van der Waals surface area contributed by atoms with E-state index in [0.717, 1.165) is 12.8 Å². The van der Waals surface area contributed by atoms with Crippen molar-refractivity contribution in [3.05, 3.63) is 0 Å². The van der Waals surface area contributed by atoms with E-state index in [1.54, 1.807) is 0 Å². The number of nitrogens with two attached hydrogens (primary N) is 1. The van der Waals surface area contributed by atoms with Crippen molar-refractivity contribution in [2.75, 3.05) is 18.1 Å². The Morgan fingerprint density at radius 2 is 2.28 bits per heavy atom. The Balaban J connectivity index is 1.61. The number of nitrogens with one attached hydrogen (secondary N) is 1. The Morgan fingerprint density at radius 3 is 2.89 bits per heavy atom. The van der Waals surface area contributed by atoms with Crippen molar-refractivity contribution in [3.8, 4) is 0 Å². The number of hydrogen-bond donors (Lipinski definition) is 2. The molecular weight excluding hydrogens is 276 g/mol. The highest BCUT2D eigenvalue weighted by atomic mass is 32.2. The standard InChI is InChI=1S/C9H12N4O3S2/c10-8-12-13-9(18-8)17-4-7(15)16-3-6(14)11-5-1-2-5/h5H,1-4H2,(H2,10,12)(H,11,14). The van der Waals surface area contributed by atoms with Crippen LogP contribution in [0, 0.1) is 0 Å². The van der Waals surface area contributed by atoms with Gasteiger partial charge in [0.25, 0.3) is 5.91 Å². The Morgan fingerprint density at radius 1 is 1.50 bits per heavy atom. The first kappa shape index (κ1) is 13.1. The molecule has 0 unspecified atom stereocenters. The normalized spacial score (nSPS) is 14.2. The largest absolute Gasteiger partial charge is 0.455 e. The van der Waals surface area contributed by atoms with Crippen LogP contribution in [0.25, 0.3) is 0 Å². The number of nitrogens with zero attached hydrogens (tertiary/aromatic N) is 2. The number of carbonyl (C=O) groups is 2. The zero-order valence-electron chi connectivity index (χ0n) is 9.42. The van der Waals surface area contributed by atoms with Crippen molar-refractivity contribution in [3.63, 3.8) is 0 Å². The molecule has 0 spiro atoms. The van der Waals surface area contributed by atoms with E-state index >= 15 is 0 Å². The fraction of sp³-hybridized carbons (Fsp3) is 0.556. The van der Waals surface area contributed by atoms with Gasteiger partial charge in [0, 0.05) is 6.04 Å². The third kappa shape index (κ3) is 4.49. The first-order valence-corrected chi connectivity index (χ1v) is 7.10. The van der Waals surface area contributed by atoms with Crippen LogP contribution in [-0.2, 0) is 14.3 Å². The van der Waals surface area contributed by atoms with Crippen LogP contribution in [0.3, 0.4) is 0 Å². The van der Waals surface area contributed by atoms with Crippen molar-refractivity contribution >= 4 is 40.1 Å². The highest BCUT2D eigenvalue weighted by Gasteiger charge is 2.23. The van der Waals surface area contributed by atoms with Crippen LogP contribution in [-0.4, -0.2) is 40.5 Å². The molecule has 1 aliphatic carbocycles. The predicted octanol–water partition coefficient (Wildman–Crippen LogP) is 0.0342. The molecule has 1 aliphatic rings. The van der Waals surface area contributed by atoms with E-state index in [9.17, 15) is 9.59 Å². The molecule has 1 amide bonds. The lowest BCUT2D eigenvalue weighted by molar-refractivity contribution is -0.145. The Kier molecular flexibility index (Phi) is 4.37. The van der Waals surface area contributed by atoms with Crippen molar-refractivity contribution < 1.29 is 14.3 Å². The minimum absolute atomic E-state index is 0.0886. The third-order valence-electron chi connectivity index (χ3n) is 2.04. The number of ether oxygens (including phenoxy) is 1. The van der Waals surface area contributed by atoms with Gasteiger partial charge < -0.3 is 15.8 Å². The molecule has 2 rings (SSSR count). The Labute approximate surface area is 111 Å². The topological polar surface area (TPSA) is 107 Å². The summed E-state index contributed by atoms with van der Waals surface area (Å²) in [5.74, 6) is -0.624. The summed E-state index contributed by atoms with van der Waals surface area (Å²) < 4.78 is 5.42. The summed E-state index contributed by atoms with van der Waals surface area (Å²) >= 11 is 2.39. The lowest BCUT2D eigenvalue weighted by Gasteiger charge is -2.04.